The van der Waals surface area contributed by atoms with E-state index in [0.717, 1.165) is 17.7 Å². The first-order valence-corrected chi connectivity index (χ1v) is 9.93. The molecule has 1 aliphatic heterocycles. The number of carbonyl (C=O) groups is 1. The van der Waals surface area contributed by atoms with Crippen molar-refractivity contribution in [1.29, 1.82) is 0 Å². The zero-order valence-corrected chi connectivity index (χ0v) is 17.1. The van der Waals surface area contributed by atoms with Gasteiger partial charge in [-0.3, -0.25) is 10.3 Å². The maximum Gasteiger partial charge on any atom is 0.413 e. The molecule has 0 aliphatic carbocycles. The Morgan fingerprint density at radius 2 is 2.00 bits per heavy atom. The van der Waals surface area contributed by atoms with Gasteiger partial charge in [-0.05, 0) is 51.8 Å². The predicted molar refractivity (Wildman–Crippen MR) is 109 cm³/mol. The highest BCUT2D eigenvalue weighted by Gasteiger charge is 2.32. The molecule has 0 bridgehead atoms. The number of nitrogens with one attached hydrogen (secondary N) is 1. The van der Waals surface area contributed by atoms with Crippen molar-refractivity contribution in [3.8, 4) is 11.1 Å². The van der Waals surface area contributed by atoms with Gasteiger partial charge in [-0.2, -0.15) is 0 Å². The van der Waals surface area contributed by atoms with Crippen molar-refractivity contribution in [3.05, 3.63) is 48.3 Å². The molecular formula is C20H23FN4O2S. The molecular weight excluding hydrogens is 379 g/mol. The standard InChI is InChI=1S/C20H23FN4O2S/c1-19(2,3)27-18(26)24-17-25-20(4,7-8-28-17)14-5-6-16(21)15(9-14)13-10-22-12-23-11-13/h5-6,9-12H,7-8H2,1-4H3,(H,24,25,26)/t20-/m0/s1. The summed E-state index contributed by atoms with van der Waals surface area (Å²) in [5.41, 5.74) is 0.711. The van der Waals surface area contributed by atoms with Crippen LogP contribution in [-0.4, -0.2) is 32.6 Å². The van der Waals surface area contributed by atoms with Gasteiger partial charge in [-0.25, -0.2) is 19.2 Å². The second-order valence-corrected chi connectivity index (χ2v) is 8.82. The van der Waals surface area contributed by atoms with E-state index in [9.17, 15) is 9.18 Å². The molecule has 1 aliphatic rings. The van der Waals surface area contributed by atoms with E-state index in [1.54, 1.807) is 45.3 Å². The van der Waals surface area contributed by atoms with E-state index in [2.05, 4.69) is 15.3 Å². The van der Waals surface area contributed by atoms with Crippen LogP contribution >= 0.6 is 11.8 Å². The lowest BCUT2D eigenvalue weighted by Gasteiger charge is -2.31. The van der Waals surface area contributed by atoms with E-state index in [1.165, 1.54) is 24.2 Å². The van der Waals surface area contributed by atoms with Crippen LogP contribution in [0.3, 0.4) is 0 Å². The molecule has 28 heavy (non-hydrogen) atoms. The summed E-state index contributed by atoms with van der Waals surface area (Å²) in [6.07, 6.45) is 4.78. The van der Waals surface area contributed by atoms with Crippen molar-refractivity contribution >= 4 is 23.0 Å². The van der Waals surface area contributed by atoms with Crippen LogP contribution in [0, 0.1) is 5.82 Å². The number of aromatic nitrogens is 2. The minimum absolute atomic E-state index is 0.344. The maximum atomic E-state index is 14.4. The maximum absolute atomic E-state index is 14.4. The molecule has 2 heterocycles. The third kappa shape index (κ3) is 4.86. The summed E-state index contributed by atoms with van der Waals surface area (Å²) in [4.78, 5) is 24.7. The highest BCUT2D eigenvalue weighted by Crippen LogP contribution is 2.37. The zero-order valence-electron chi connectivity index (χ0n) is 16.3. The molecule has 1 atom stereocenters. The number of hydrogen-bond donors (Lipinski definition) is 1. The van der Waals surface area contributed by atoms with E-state index >= 15 is 0 Å². The lowest BCUT2D eigenvalue weighted by atomic mass is 9.88. The average molecular weight is 402 g/mol. The Bertz CT molecular complexity index is 899. The van der Waals surface area contributed by atoms with Gasteiger partial charge in [0.2, 0.25) is 0 Å². The second-order valence-electron chi connectivity index (χ2n) is 7.74. The fourth-order valence-corrected chi connectivity index (χ4v) is 3.96. The Morgan fingerprint density at radius 1 is 1.29 bits per heavy atom. The van der Waals surface area contributed by atoms with Gasteiger partial charge in [0.15, 0.2) is 5.17 Å². The van der Waals surface area contributed by atoms with Crippen LogP contribution in [0.5, 0.6) is 0 Å². The molecule has 1 aromatic carbocycles. The lowest BCUT2D eigenvalue weighted by molar-refractivity contribution is 0.0564. The van der Waals surface area contributed by atoms with Crippen LogP contribution in [-0.2, 0) is 10.3 Å². The van der Waals surface area contributed by atoms with Gasteiger partial charge in [0.05, 0.1) is 5.54 Å². The van der Waals surface area contributed by atoms with Crippen LogP contribution in [0.2, 0.25) is 0 Å². The smallest absolute Gasteiger partial charge is 0.413 e. The Balaban J connectivity index is 1.89. The van der Waals surface area contributed by atoms with Crippen molar-refractivity contribution < 1.29 is 13.9 Å². The molecule has 0 radical (unpaired) electrons. The van der Waals surface area contributed by atoms with Crippen molar-refractivity contribution in [2.24, 2.45) is 4.99 Å². The number of nitrogens with zero attached hydrogens (tertiary/aromatic N) is 3. The topological polar surface area (TPSA) is 76.5 Å². The minimum atomic E-state index is -0.590. The molecule has 6 nitrogen and oxygen atoms in total. The second kappa shape index (κ2) is 7.87. The number of thioether (sulfide) groups is 1. The molecule has 8 heteroatoms. The fraction of sp³-hybridized carbons (Fsp3) is 0.400. The molecule has 0 fully saturated rings. The first kappa shape index (κ1) is 20.3. The van der Waals surface area contributed by atoms with E-state index in [1.807, 2.05) is 6.92 Å². The quantitative estimate of drug-likeness (QED) is 0.799. The summed E-state index contributed by atoms with van der Waals surface area (Å²) in [5.74, 6) is 0.426. The summed E-state index contributed by atoms with van der Waals surface area (Å²) >= 11 is 1.46. The molecule has 1 amide bonds. The third-order valence-corrected chi connectivity index (χ3v) is 5.12. The highest BCUT2D eigenvalue weighted by atomic mass is 32.2. The SMILES string of the molecule is CC(C)(C)OC(=O)NC1=N[C@](C)(c2ccc(F)c(-c3cncnc3)c2)CCS1. The number of halogens is 1. The minimum Gasteiger partial charge on any atom is -0.444 e. The number of rotatable bonds is 2. The van der Waals surface area contributed by atoms with Gasteiger partial charge in [0, 0.05) is 29.3 Å². The van der Waals surface area contributed by atoms with Crippen LogP contribution in [0.4, 0.5) is 9.18 Å². The Kier molecular flexibility index (Phi) is 5.69. The number of hydrogen-bond acceptors (Lipinski definition) is 6. The van der Waals surface area contributed by atoms with Crippen molar-refractivity contribution in [2.45, 2.75) is 45.3 Å². The summed E-state index contributed by atoms with van der Waals surface area (Å²) in [7, 11) is 0. The zero-order chi connectivity index (χ0) is 20.4. The van der Waals surface area contributed by atoms with Gasteiger partial charge >= 0.3 is 6.09 Å². The Hall–Kier alpha value is -2.48. The monoisotopic (exact) mass is 402 g/mol. The van der Waals surface area contributed by atoms with Crippen LogP contribution < -0.4 is 5.32 Å². The third-order valence-electron chi connectivity index (χ3n) is 4.24. The summed E-state index contributed by atoms with van der Waals surface area (Å²) < 4.78 is 19.7. The van der Waals surface area contributed by atoms with Gasteiger partial charge < -0.3 is 4.74 Å². The molecule has 0 unspecified atom stereocenters. The normalized spacial score (nSPS) is 19.7. The first-order chi connectivity index (χ1) is 13.2. The van der Waals surface area contributed by atoms with Crippen LogP contribution in [0.25, 0.3) is 11.1 Å². The van der Waals surface area contributed by atoms with Gasteiger partial charge in [0.25, 0.3) is 0 Å². The molecule has 1 aromatic heterocycles. The molecule has 0 saturated carbocycles. The van der Waals surface area contributed by atoms with Crippen molar-refractivity contribution in [3.63, 3.8) is 0 Å². The number of amidine groups is 1. The molecule has 148 valence electrons. The van der Waals surface area contributed by atoms with Gasteiger partial charge in [-0.15, -0.1) is 0 Å². The van der Waals surface area contributed by atoms with E-state index < -0.39 is 17.2 Å². The summed E-state index contributed by atoms with van der Waals surface area (Å²) in [6, 6.07) is 4.94. The number of alkyl carbamates (subject to hydrolysis) is 1. The average Bonchev–Trinajstić information content (AvgIpc) is 2.61. The van der Waals surface area contributed by atoms with E-state index in [-0.39, 0.29) is 5.82 Å². The highest BCUT2D eigenvalue weighted by molar-refractivity contribution is 8.13. The van der Waals surface area contributed by atoms with Crippen LogP contribution in [0.15, 0.2) is 41.9 Å². The number of amides is 1. The van der Waals surface area contributed by atoms with E-state index in [0.29, 0.717) is 16.3 Å². The number of aliphatic imine (C=N–C) groups is 1. The Morgan fingerprint density at radius 3 is 2.68 bits per heavy atom. The number of carbonyl (C=O) groups excluding carboxylic acids is 1. The lowest BCUT2D eigenvalue weighted by Crippen LogP contribution is -2.38. The van der Waals surface area contributed by atoms with Gasteiger partial charge in [0.1, 0.15) is 17.7 Å². The summed E-state index contributed by atoms with van der Waals surface area (Å²) in [6.45, 7) is 7.39. The first-order valence-electron chi connectivity index (χ1n) is 8.94. The Labute approximate surface area is 168 Å². The molecule has 3 rings (SSSR count). The number of ether oxygens (including phenoxy) is 1. The van der Waals surface area contributed by atoms with Gasteiger partial charge in [-0.1, -0.05) is 17.8 Å². The van der Waals surface area contributed by atoms with Crippen molar-refractivity contribution in [2.75, 3.05) is 5.75 Å². The van der Waals surface area contributed by atoms with E-state index in [4.69, 9.17) is 9.73 Å². The molecule has 1 N–H and O–H groups in total. The molecule has 0 saturated heterocycles. The van der Waals surface area contributed by atoms with Crippen LogP contribution in [0.1, 0.15) is 39.7 Å². The van der Waals surface area contributed by atoms with Crippen molar-refractivity contribution in [1.82, 2.24) is 15.3 Å². The molecule has 2 aromatic rings. The molecule has 0 spiro atoms. The largest absolute Gasteiger partial charge is 0.444 e. The fourth-order valence-electron chi connectivity index (χ4n) is 2.84. The number of benzene rings is 1. The predicted octanol–water partition coefficient (Wildman–Crippen LogP) is 4.52. The summed E-state index contributed by atoms with van der Waals surface area (Å²) in [5, 5.41) is 3.21.